The summed E-state index contributed by atoms with van der Waals surface area (Å²) in [6.07, 6.45) is 2.39. The number of hydrogen-bond donors (Lipinski definition) is 1. The molecule has 0 aliphatic heterocycles. The van der Waals surface area contributed by atoms with Crippen LogP contribution in [0.5, 0.6) is 0 Å². The molecule has 0 radical (unpaired) electrons. The van der Waals surface area contributed by atoms with E-state index in [-0.39, 0.29) is 0 Å². The molecule has 1 amide bonds. The van der Waals surface area contributed by atoms with Crippen molar-refractivity contribution in [2.24, 2.45) is 0 Å². The fourth-order valence-corrected chi connectivity index (χ4v) is 2.04. The first-order chi connectivity index (χ1) is 9.66. The molecule has 6 nitrogen and oxygen atoms in total. The van der Waals surface area contributed by atoms with Gasteiger partial charge in [-0.1, -0.05) is 12.1 Å². The summed E-state index contributed by atoms with van der Waals surface area (Å²) >= 11 is 0. The number of carbonyl (C=O) groups is 1. The lowest BCUT2D eigenvalue weighted by Gasteiger charge is -2.14. The number of carboxylic acid groups (broad SMARTS) is 1. The Kier molecular flexibility index (Phi) is 2.83. The molecule has 0 fully saturated rings. The molecule has 1 aromatic carbocycles. The highest BCUT2D eigenvalue weighted by molar-refractivity contribution is 5.86. The van der Waals surface area contributed by atoms with Crippen molar-refractivity contribution in [1.29, 1.82) is 0 Å². The number of nitrogens with zero attached hydrogens (tertiary/aromatic N) is 4. The average Bonchev–Trinajstić information content (AvgIpc) is 2.94. The fraction of sp³-hybridized carbons (Fsp3) is 0.0714. The number of amides is 1. The zero-order valence-corrected chi connectivity index (χ0v) is 10.8. The maximum atomic E-state index is 11.0. The molecule has 20 heavy (non-hydrogen) atoms. The predicted molar refractivity (Wildman–Crippen MR) is 74.9 cm³/mol. The molecule has 0 aliphatic rings. The maximum Gasteiger partial charge on any atom is 0.411 e. The van der Waals surface area contributed by atoms with E-state index in [1.54, 1.807) is 23.0 Å². The topological polar surface area (TPSA) is 70.7 Å². The lowest BCUT2D eigenvalue weighted by Crippen LogP contribution is -2.23. The van der Waals surface area contributed by atoms with Gasteiger partial charge in [-0.05, 0) is 18.2 Å². The molecule has 3 aromatic rings. The molecule has 0 unspecified atom stereocenters. The van der Waals surface area contributed by atoms with Crippen LogP contribution in [0.15, 0.2) is 48.8 Å². The van der Waals surface area contributed by atoms with Gasteiger partial charge in [0.25, 0.3) is 0 Å². The molecule has 0 saturated carbocycles. The Bertz CT molecular complexity index is 781. The second-order valence-electron chi connectivity index (χ2n) is 4.32. The van der Waals surface area contributed by atoms with Gasteiger partial charge in [0.15, 0.2) is 5.65 Å². The van der Waals surface area contributed by atoms with Crippen LogP contribution in [0.25, 0.3) is 16.9 Å². The molecule has 100 valence electrons. The minimum atomic E-state index is -0.999. The van der Waals surface area contributed by atoms with Crippen LogP contribution in [0.3, 0.4) is 0 Å². The first kappa shape index (κ1) is 12.2. The van der Waals surface area contributed by atoms with E-state index in [1.807, 2.05) is 30.3 Å². The highest BCUT2D eigenvalue weighted by atomic mass is 16.4. The highest BCUT2D eigenvalue weighted by Gasteiger charge is 2.10. The zero-order valence-electron chi connectivity index (χ0n) is 10.8. The van der Waals surface area contributed by atoms with Crippen LogP contribution in [0.1, 0.15) is 0 Å². The Morgan fingerprint density at radius 2 is 2.10 bits per heavy atom. The summed E-state index contributed by atoms with van der Waals surface area (Å²) in [5, 5.41) is 13.3. The van der Waals surface area contributed by atoms with E-state index in [4.69, 9.17) is 5.11 Å². The zero-order chi connectivity index (χ0) is 14.1. The normalized spacial score (nSPS) is 10.7. The van der Waals surface area contributed by atoms with Gasteiger partial charge in [0.05, 0.1) is 11.9 Å². The molecule has 0 spiro atoms. The van der Waals surface area contributed by atoms with Gasteiger partial charge in [-0.3, -0.25) is 4.90 Å². The molecule has 1 N–H and O–H groups in total. The van der Waals surface area contributed by atoms with E-state index >= 15 is 0 Å². The number of rotatable bonds is 2. The van der Waals surface area contributed by atoms with Crippen LogP contribution >= 0.6 is 0 Å². The molecule has 0 atom stereocenters. The van der Waals surface area contributed by atoms with E-state index in [0.29, 0.717) is 5.69 Å². The van der Waals surface area contributed by atoms with E-state index in [9.17, 15) is 4.79 Å². The maximum absolute atomic E-state index is 11.0. The van der Waals surface area contributed by atoms with Gasteiger partial charge in [0, 0.05) is 30.6 Å². The fourth-order valence-electron chi connectivity index (χ4n) is 2.04. The molecular weight excluding hydrogens is 256 g/mol. The molecule has 0 bridgehead atoms. The van der Waals surface area contributed by atoms with Crippen molar-refractivity contribution < 1.29 is 9.90 Å². The van der Waals surface area contributed by atoms with Gasteiger partial charge in [0.1, 0.15) is 0 Å². The molecule has 3 rings (SSSR count). The Morgan fingerprint density at radius 1 is 1.25 bits per heavy atom. The summed E-state index contributed by atoms with van der Waals surface area (Å²) in [5.41, 5.74) is 3.10. The Morgan fingerprint density at radius 3 is 2.90 bits per heavy atom. The monoisotopic (exact) mass is 268 g/mol. The summed E-state index contributed by atoms with van der Waals surface area (Å²) in [4.78, 5) is 16.4. The third-order valence-corrected chi connectivity index (χ3v) is 3.11. The Balaban J connectivity index is 2.13. The van der Waals surface area contributed by atoms with Gasteiger partial charge in [-0.2, -0.15) is 5.10 Å². The number of benzene rings is 1. The van der Waals surface area contributed by atoms with E-state index in [0.717, 1.165) is 16.9 Å². The molecule has 0 aliphatic carbocycles. The van der Waals surface area contributed by atoms with Gasteiger partial charge < -0.3 is 5.11 Å². The van der Waals surface area contributed by atoms with Crippen LogP contribution in [-0.2, 0) is 0 Å². The minimum Gasteiger partial charge on any atom is -0.465 e. The van der Waals surface area contributed by atoms with Crippen LogP contribution in [-0.4, -0.2) is 32.8 Å². The van der Waals surface area contributed by atoms with Crippen LogP contribution in [0, 0.1) is 0 Å². The summed E-state index contributed by atoms with van der Waals surface area (Å²) in [6.45, 7) is 0. The quantitative estimate of drug-likeness (QED) is 0.775. The van der Waals surface area contributed by atoms with Crippen molar-refractivity contribution >= 4 is 17.4 Å². The van der Waals surface area contributed by atoms with Crippen molar-refractivity contribution in [3.63, 3.8) is 0 Å². The van der Waals surface area contributed by atoms with E-state index in [2.05, 4.69) is 10.1 Å². The predicted octanol–water partition coefficient (Wildman–Crippen LogP) is 2.51. The standard InChI is InChI=1S/C14H12N4O2/c1-17(14(19)20)11-4-2-3-10(9-11)12-5-7-15-13-6-8-16-18(12)13/h2-9H,1H3,(H,19,20). The third-order valence-electron chi connectivity index (χ3n) is 3.11. The van der Waals surface area contributed by atoms with Gasteiger partial charge in [0.2, 0.25) is 0 Å². The van der Waals surface area contributed by atoms with Crippen molar-refractivity contribution in [2.75, 3.05) is 11.9 Å². The summed E-state index contributed by atoms with van der Waals surface area (Å²) < 4.78 is 1.72. The first-order valence-corrected chi connectivity index (χ1v) is 6.02. The second-order valence-corrected chi connectivity index (χ2v) is 4.32. The van der Waals surface area contributed by atoms with E-state index in [1.165, 1.54) is 11.9 Å². The van der Waals surface area contributed by atoms with Crippen molar-refractivity contribution in [3.8, 4) is 11.3 Å². The van der Waals surface area contributed by atoms with Gasteiger partial charge >= 0.3 is 6.09 Å². The number of hydrogen-bond acceptors (Lipinski definition) is 3. The molecular formula is C14H12N4O2. The highest BCUT2D eigenvalue weighted by Crippen LogP contribution is 2.24. The SMILES string of the molecule is CN(C(=O)O)c1cccc(-c2ccnc3ccnn23)c1. The lowest BCUT2D eigenvalue weighted by atomic mass is 10.1. The van der Waals surface area contributed by atoms with Crippen LogP contribution in [0.2, 0.25) is 0 Å². The van der Waals surface area contributed by atoms with Crippen LogP contribution in [0.4, 0.5) is 10.5 Å². The van der Waals surface area contributed by atoms with E-state index < -0.39 is 6.09 Å². The number of fused-ring (bicyclic) bond motifs is 1. The van der Waals surface area contributed by atoms with Gasteiger partial charge in [-0.25, -0.2) is 14.3 Å². The molecule has 2 aromatic heterocycles. The first-order valence-electron chi connectivity index (χ1n) is 6.02. The second kappa shape index (κ2) is 4.65. The third kappa shape index (κ3) is 1.97. The average molecular weight is 268 g/mol. The summed E-state index contributed by atoms with van der Waals surface area (Å²) in [6, 6.07) is 11.0. The smallest absolute Gasteiger partial charge is 0.411 e. The molecule has 0 saturated heterocycles. The summed E-state index contributed by atoms with van der Waals surface area (Å²) in [5.74, 6) is 0. The van der Waals surface area contributed by atoms with Crippen molar-refractivity contribution in [2.45, 2.75) is 0 Å². The Hall–Kier alpha value is -2.89. The van der Waals surface area contributed by atoms with Gasteiger partial charge in [-0.15, -0.1) is 0 Å². The molecule has 6 heteroatoms. The minimum absolute atomic E-state index is 0.604. The van der Waals surface area contributed by atoms with Crippen LogP contribution < -0.4 is 4.90 Å². The largest absolute Gasteiger partial charge is 0.465 e. The number of aromatic nitrogens is 3. The van der Waals surface area contributed by atoms with Crippen molar-refractivity contribution in [3.05, 3.63) is 48.8 Å². The molecule has 2 heterocycles. The lowest BCUT2D eigenvalue weighted by molar-refractivity contribution is 0.203. The summed E-state index contributed by atoms with van der Waals surface area (Å²) in [7, 11) is 1.51. The Labute approximate surface area is 114 Å². The van der Waals surface area contributed by atoms with Crippen molar-refractivity contribution in [1.82, 2.24) is 14.6 Å². The number of anilines is 1.